The van der Waals surface area contributed by atoms with Gasteiger partial charge < -0.3 is 10.2 Å². The minimum Gasteiger partial charge on any atom is 0.316 e. The van der Waals surface area contributed by atoms with Gasteiger partial charge in [0, 0.05) is 13.8 Å². The molecule has 0 radical (unpaired) electrons. The Kier molecular flexibility index (Phi) is 37.6. The van der Waals surface area contributed by atoms with Gasteiger partial charge in [-0.15, -0.1) is 0 Å². The van der Waals surface area contributed by atoms with Gasteiger partial charge in [-0.25, -0.2) is 0 Å². The zero-order valence-electron chi connectivity index (χ0n) is 4.71. The Morgan fingerprint density at radius 2 is 1.00 bits per heavy atom. The van der Waals surface area contributed by atoms with Crippen LogP contribution in [-0.4, -0.2) is 94.1 Å². The van der Waals surface area contributed by atoms with Crippen molar-refractivity contribution in [1.29, 1.82) is 0 Å². The fraction of sp³-hybridized carbons (Fsp3) is 0.500. The summed E-state index contributed by atoms with van der Waals surface area (Å²) < 4.78 is 0. The van der Waals surface area contributed by atoms with E-state index in [0.29, 0.717) is 0 Å². The van der Waals surface area contributed by atoms with Crippen molar-refractivity contribution in [2.45, 2.75) is 13.8 Å². The first-order chi connectivity index (χ1) is 3.46. The van der Waals surface area contributed by atoms with Crippen molar-refractivity contribution >= 4 is 83.9 Å². The number of hydrogen-bond donors (Lipinski definition) is 2. The molecule has 0 aliphatic carbocycles. The summed E-state index contributed by atoms with van der Waals surface area (Å²) in [6.07, 6.45) is 0. The molecule has 2 N–H and O–H groups in total. The summed E-state index contributed by atoms with van der Waals surface area (Å²) in [5, 5.41) is 14.8. The van der Waals surface area contributed by atoms with Crippen LogP contribution in [0.3, 0.4) is 0 Å². The summed E-state index contributed by atoms with van der Waals surface area (Å²) in [5.74, 6) is -1.67. The predicted octanol–water partition coefficient (Wildman–Crippen LogP) is -1.65. The molecule has 56 valence electrons. The van der Waals surface area contributed by atoms with E-state index in [-0.39, 0.29) is 71.9 Å². The SMILES string of the molecule is CC(=O)O.CC(=O)O.[BaH2].[MgH2]. The van der Waals surface area contributed by atoms with Crippen LogP contribution in [0.25, 0.3) is 0 Å². The minimum atomic E-state index is -0.833. The van der Waals surface area contributed by atoms with Crippen molar-refractivity contribution in [1.82, 2.24) is 0 Å². The number of carboxylic acids is 2. The zero-order chi connectivity index (χ0) is 7.15. The second-order valence-electron chi connectivity index (χ2n) is 1.04. The average Bonchev–Trinajstić information content (AvgIpc) is 1.25. The monoisotopic (exact) mass is 286 g/mol. The van der Waals surface area contributed by atoms with Crippen molar-refractivity contribution in [3.63, 3.8) is 0 Å². The van der Waals surface area contributed by atoms with Crippen LogP contribution in [0.5, 0.6) is 0 Å². The van der Waals surface area contributed by atoms with E-state index in [0.717, 1.165) is 13.8 Å². The summed E-state index contributed by atoms with van der Waals surface area (Å²) in [7, 11) is 0. The molecule has 10 heavy (non-hydrogen) atoms. The maximum Gasteiger partial charge on any atom is 0.316 e. The molecule has 0 amide bonds. The second-order valence-corrected chi connectivity index (χ2v) is 1.04. The van der Waals surface area contributed by atoms with Gasteiger partial charge in [-0.2, -0.15) is 0 Å². The summed E-state index contributed by atoms with van der Waals surface area (Å²) in [6, 6.07) is 0. The molecule has 0 aromatic rings. The predicted molar refractivity (Wildman–Crippen MR) is 43.7 cm³/mol. The summed E-state index contributed by atoms with van der Waals surface area (Å²) in [6.45, 7) is 2.17. The maximum atomic E-state index is 9.00. The minimum absolute atomic E-state index is 0. The third-order valence-corrected chi connectivity index (χ3v) is 0. The van der Waals surface area contributed by atoms with Crippen LogP contribution in [0.15, 0.2) is 0 Å². The number of aliphatic carboxylic acids is 2. The zero-order valence-corrected chi connectivity index (χ0v) is 4.71. The Hall–Kier alpha value is 1.28. The first kappa shape index (κ1) is 22.5. The van der Waals surface area contributed by atoms with Crippen LogP contribution < -0.4 is 0 Å². The molecule has 0 bridgehead atoms. The van der Waals surface area contributed by atoms with Crippen LogP contribution in [0.4, 0.5) is 0 Å². The van der Waals surface area contributed by atoms with Gasteiger partial charge in [0.05, 0.1) is 0 Å². The fourth-order valence-electron chi connectivity index (χ4n) is 0. The largest absolute Gasteiger partial charge is 0.316 e. The smallest absolute Gasteiger partial charge is 0.316 e. The van der Waals surface area contributed by atoms with Gasteiger partial charge in [-0.05, 0) is 0 Å². The molecule has 0 aromatic heterocycles. The first-order valence-electron chi connectivity index (χ1n) is 1.86. The molecular weight excluding hydrogens is 274 g/mol. The molecule has 4 nitrogen and oxygen atoms in total. The number of rotatable bonds is 0. The van der Waals surface area contributed by atoms with E-state index in [9.17, 15) is 0 Å². The molecule has 0 atom stereocenters. The van der Waals surface area contributed by atoms with E-state index < -0.39 is 11.9 Å². The normalized spacial score (nSPS) is 5.00. The van der Waals surface area contributed by atoms with Gasteiger partial charge in [0.2, 0.25) is 0 Å². The first-order valence-corrected chi connectivity index (χ1v) is 1.86. The van der Waals surface area contributed by atoms with Gasteiger partial charge >= 0.3 is 71.9 Å². The molecule has 0 heterocycles. The summed E-state index contributed by atoms with van der Waals surface area (Å²) in [5.41, 5.74) is 0. The molecule has 0 unspecified atom stereocenters. The molecular formula is C4H12BaMgO4. The van der Waals surface area contributed by atoms with Gasteiger partial charge in [0.25, 0.3) is 11.9 Å². The molecule has 0 aliphatic rings. The van der Waals surface area contributed by atoms with E-state index in [1.54, 1.807) is 0 Å². The Labute approximate surface area is 116 Å². The third-order valence-electron chi connectivity index (χ3n) is 0. The summed E-state index contributed by atoms with van der Waals surface area (Å²) >= 11 is 0. The standard InChI is InChI=1S/2C2H4O2.Ba.Mg.4H/c2*1-2(3)4;;;;;;/h2*1H3,(H,3,4);;;;;;. The van der Waals surface area contributed by atoms with Gasteiger partial charge in [-0.3, -0.25) is 9.59 Å². The molecule has 0 fully saturated rings. The van der Waals surface area contributed by atoms with Gasteiger partial charge in [-0.1, -0.05) is 0 Å². The van der Waals surface area contributed by atoms with E-state index in [1.165, 1.54) is 0 Å². The quantitative estimate of drug-likeness (QED) is 0.523. The number of carbonyl (C=O) groups is 2. The van der Waals surface area contributed by atoms with Crippen LogP contribution in [0, 0.1) is 0 Å². The van der Waals surface area contributed by atoms with Gasteiger partial charge in [0.15, 0.2) is 0 Å². The molecule has 0 spiro atoms. The third kappa shape index (κ3) is 389. The number of carboxylic acid groups (broad SMARTS) is 2. The van der Waals surface area contributed by atoms with Crippen LogP contribution in [0.2, 0.25) is 0 Å². The Morgan fingerprint density at radius 3 is 1.00 bits per heavy atom. The molecule has 0 aromatic carbocycles. The average molecular weight is 286 g/mol. The van der Waals surface area contributed by atoms with Gasteiger partial charge in [0.1, 0.15) is 0 Å². The van der Waals surface area contributed by atoms with E-state index >= 15 is 0 Å². The Bertz CT molecular complexity index is 75.3. The summed E-state index contributed by atoms with van der Waals surface area (Å²) in [4.78, 5) is 18.0. The Balaban J connectivity index is -0.0000000300. The molecule has 0 aliphatic heterocycles. The topological polar surface area (TPSA) is 74.6 Å². The van der Waals surface area contributed by atoms with E-state index in [4.69, 9.17) is 19.8 Å². The van der Waals surface area contributed by atoms with E-state index in [1.807, 2.05) is 0 Å². The maximum absolute atomic E-state index is 9.00. The van der Waals surface area contributed by atoms with Crippen LogP contribution >= 0.6 is 0 Å². The van der Waals surface area contributed by atoms with Crippen molar-refractivity contribution in [3.8, 4) is 0 Å². The fourth-order valence-corrected chi connectivity index (χ4v) is 0. The van der Waals surface area contributed by atoms with Crippen molar-refractivity contribution in [3.05, 3.63) is 0 Å². The second kappa shape index (κ2) is 16.7. The molecule has 0 rings (SSSR count). The number of hydrogen-bond acceptors (Lipinski definition) is 2. The van der Waals surface area contributed by atoms with Crippen molar-refractivity contribution in [2.24, 2.45) is 0 Å². The van der Waals surface area contributed by atoms with E-state index in [2.05, 4.69) is 0 Å². The molecule has 6 heteroatoms. The Morgan fingerprint density at radius 1 is 1.00 bits per heavy atom. The molecule has 0 saturated heterocycles. The molecule has 0 saturated carbocycles. The van der Waals surface area contributed by atoms with Crippen molar-refractivity contribution in [2.75, 3.05) is 0 Å². The van der Waals surface area contributed by atoms with Crippen molar-refractivity contribution < 1.29 is 19.8 Å². The van der Waals surface area contributed by atoms with Crippen LogP contribution in [0.1, 0.15) is 13.8 Å². The van der Waals surface area contributed by atoms with Crippen LogP contribution in [-0.2, 0) is 9.59 Å².